The maximum absolute atomic E-state index is 12.7. The highest BCUT2D eigenvalue weighted by Gasteiger charge is 2.19. The lowest BCUT2D eigenvalue weighted by Crippen LogP contribution is -2.14. The van der Waals surface area contributed by atoms with Crippen molar-refractivity contribution in [1.29, 1.82) is 0 Å². The molecule has 4 rings (SSSR count). The van der Waals surface area contributed by atoms with Crippen LogP contribution < -0.4 is 13.7 Å². The summed E-state index contributed by atoms with van der Waals surface area (Å²) in [7, 11) is 0. The maximum Gasteiger partial charge on any atom is 0.344 e. The third kappa shape index (κ3) is 8.32. The van der Waals surface area contributed by atoms with Crippen LogP contribution >= 0.6 is 0 Å². The standard InChI is InChI=1S/C29H24O9S.CH2O/c1-18-4-14-27(20(15-18)17-35-33)36-21-5-7-23(8-6-21)38-39(34)24-11-9-22(10-12-24)37-29(32)25-13-3-19(2)16-26(25)28(30)31;1-2/h3-16,33H,17H2,1-2H3,(H,30,31);1H2. The molecule has 0 saturated heterocycles. The summed E-state index contributed by atoms with van der Waals surface area (Å²) < 4.78 is 29.4. The van der Waals surface area contributed by atoms with Gasteiger partial charge in [-0.1, -0.05) is 23.3 Å². The molecule has 0 bridgehead atoms. The van der Waals surface area contributed by atoms with Gasteiger partial charge in [-0.05, 0) is 86.6 Å². The predicted octanol–water partition coefficient (Wildman–Crippen LogP) is 5.92. The van der Waals surface area contributed by atoms with Crippen molar-refractivity contribution < 1.29 is 47.5 Å². The molecule has 10 nitrogen and oxygen atoms in total. The Morgan fingerprint density at radius 2 is 1.37 bits per heavy atom. The lowest BCUT2D eigenvalue weighted by Gasteiger charge is -2.12. The van der Waals surface area contributed by atoms with Gasteiger partial charge >= 0.3 is 11.9 Å². The molecule has 4 aromatic rings. The van der Waals surface area contributed by atoms with Crippen LogP contribution in [0.3, 0.4) is 0 Å². The Labute approximate surface area is 238 Å². The van der Waals surface area contributed by atoms with E-state index in [1.54, 1.807) is 43.3 Å². The molecule has 0 aliphatic carbocycles. The molecule has 0 aliphatic rings. The molecule has 0 saturated carbocycles. The predicted molar refractivity (Wildman–Crippen MR) is 149 cm³/mol. The number of carbonyl (C=O) groups excluding carboxylic acids is 2. The van der Waals surface area contributed by atoms with E-state index in [-0.39, 0.29) is 23.5 Å². The number of aryl methyl sites for hydroxylation is 2. The Morgan fingerprint density at radius 3 is 2.00 bits per heavy atom. The van der Waals surface area contributed by atoms with E-state index in [0.29, 0.717) is 33.3 Å². The molecule has 41 heavy (non-hydrogen) atoms. The molecule has 0 fully saturated rings. The van der Waals surface area contributed by atoms with Crippen LogP contribution in [0.5, 0.6) is 23.0 Å². The zero-order valence-electron chi connectivity index (χ0n) is 22.1. The lowest BCUT2D eigenvalue weighted by atomic mass is 10.0. The third-order valence-electron chi connectivity index (χ3n) is 5.51. The van der Waals surface area contributed by atoms with Gasteiger partial charge in [0.15, 0.2) is 0 Å². The van der Waals surface area contributed by atoms with E-state index in [1.807, 2.05) is 25.8 Å². The van der Waals surface area contributed by atoms with Gasteiger partial charge < -0.3 is 23.6 Å². The fourth-order valence-corrected chi connectivity index (χ4v) is 4.35. The SMILES string of the molecule is C=O.Cc1ccc(Oc2ccc(OS(=O)c3ccc(OC(=O)c4ccc(C)cc4C(=O)O)cc3)cc2)c(COO)c1. The average molecular weight is 579 g/mol. The van der Waals surface area contributed by atoms with Crippen molar-refractivity contribution in [2.24, 2.45) is 0 Å². The second-order valence-corrected chi connectivity index (χ2v) is 9.60. The van der Waals surface area contributed by atoms with Gasteiger partial charge in [0, 0.05) is 5.56 Å². The molecule has 0 amide bonds. The summed E-state index contributed by atoms with van der Waals surface area (Å²) >= 11 is -1.86. The Kier molecular flexibility index (Phi) is 10.9. The Balaban J connectivity index is 0.00000226. The molecular weight excluding hydrogens is 552 g/mol. The summed E-state index contributed by atoms with van der Waals surface area (Å²) in [5, 5.41) is 18.2. The summed E-state index contributed by atoms with van der Waals surface area (Å²) in [6.45, 7) is 5.62. The van der Waals surface area contributed by atoms with Crippen molar-refractivity contribution in [3.63, 3.8) is 0 Å². The average Bonchev–Trinajstić information content (AvgIpc) is 2.97. The fraction of sp³-hybridized carbons (Fsp3) is 0.100. The van der Waals surface area contributed by atoms with Crippen LogP contribution in [0.4, 0.5) is 0 Å². The molecule has 0 radical (unpaired) electrons. The van der Waals surface area contributed by atoms with Gasteiger partial charge in [0.2, 0.25) is 11.1 Å². The quantitative estimate of drug-likeness (QED) is 0.101. The molecule has 4 aromatic carbocycles. The third-order valence-corrected chi connectivity index (χ3v) is 6.51. The first-order chi connectivity index (χ1) is 19.7. The van der Waals surface area contributed by atoms with Gasteiger partial charge in [-0.2, -0.15) is 0 Å². The van der Waals surface area contributed by atoms with Crippen molar-refractivity contribution in [3.05, 3.63) is 113 Å². The normalized spacial score (nSPS) is 11.0. The summed E-state index contributed by atoms with van der Waals surface area (Å²) in [6, 6.07) is 22.2. The fourth-order valence-electron chi connectivity index (χ4n) is 3.61. The Morgan fingerprint density at radius 1 is 0.780 bits per heavy atom. The summed E-state index contributed by atoms with van der Waals surface area (Å²) in [5.41, 5.74) is 2.14. The largest absolute Gasteiger partial charge is 0.478 e. The molecule has 0 heterocycles. The van der Waals surface area contributed by atoms with E-state index in [4.69, 9.17) is 23.7 Å². The van der Waals surface area contributed by atoms with E-state index < -0.39 is 23.0 Å². The van der Waals surface area contributed by atoms with E-state index in [9.17, 15) is 18.9 Å². The number of hydrogen-bond acceptors (Lipinski definition) is 9. The minimum Gasteiger partial charge on any atom is -0.478 e. The molecule has 11 heteroatoms. The second-order valence-electron chi connectivity index (χ2n) is 8.49. The molecule has 1 atom stereocenters. The second kappa shape index (κ2) is 14.5. The highest BCUT2D eigenvalue weighted by atomic mass is 32.2. The maximum atomic E-state index is 12.7. The van der Waals surface area contributed by atoms with Crippen molar-refractivity contribution >= 4 is 29.8 Å². The molecule has 2 N–H and O–H groups in total. The summed E-state index contributed by atoms with van der Waals surface area (Å²) in [6.07, 6.45) is 0. The molecular formula is C30H26O10S. The minimum atomic E-state index is -1.86. The van der Waals surface area contributed by atoms with Crippen molar-refractivity contribution in [1.82, 2.24) is 0 Å². The van der Waals surface area contributed by atoms with Gasteiger partial charge in [-0.25, -0.2) is 18.7 Å². The number of carbonyl (C=O) groups is 3. The van der Waals surface area contributed by atoms with Gasteiger partial charge in [-0.15, -0.1) is 0 Å². The minimum absolute atomic E-state index is 0.0233. The first-order valence-corrected chi connectivity index (χ1v) is 13.0. The number of esters is 1. The number of carboxylic acid groups (broad SMARTS) is 1. The van der Waals surface area contributed by atoms with E-state index in [0.717, 1.165) is 5.56 Å². The van der Waals surface area contributed by atoms with Crippen LogP contribution in [0.2, 0.25) is 0 Å². The van der Waals surface area contributed by atoms with Crippen LogP contribution in [-0.4, -0.2) is 33.3 Å². The zero-order valence-corrected chi connectivity index (χ0v) is 22.9. The molecule has 212 valence electrons. The van der Waals surface area contributed by atoms with Crippen LogP contribution in [0.1, 0.15) is 37.4 Å². The summed E-state index contributed by atoms with van der Waals surface area (Å²) in [5.74, 6) is -0.539. The van der Waals surface area contributed by atoms with E-state index >= 15 is 0 Å². The number of hydrogen-bond donors (Lipinski definition) is 2. The van der Waals surface area contributed by atoms with Gasteiger partial charge in [0.1, 0.15) is 36.4 Å². The number of aromatic carboxylic acids is 1. The number of benzene rings is 4. The highest BCUT2D eigenvalue weighted by Crippen LogP contribution is 2.29. The molecule has 0 aromatic heterocycles. The topological polar surface area (TPSA) is 146 Å². The smallest absolute Gasteiger partial charge is 0.344 e. The lowest BCUT2D eigenvalue weighted by molar-refractivity contribution is -0.253. The van der Waals surface area contributed by atoms with Gasteiger partial charge in [0.25, 0.3) is 0 Å². The monoisotopic (exact) mass is 578 g/mol. The van der Waals surface area contributed by atoms with Crippen LogP contribution in [0.15, 0.2) is 89.8 Å². The first-order valence-electron chi connectivity index (χ1n) is 11.9. The van der Waals surface area contributed by atoms with Gasteiger partial charge in [0.05, 0.1) is 16.0 Å². The van der Waals surface area contributed by atoms with Crippen molar-refractivity contribution in [2.75, 3.05) is 0 Å². The number of ether oxygens (including phenoxy) is 2. The zero-order chi connectivity index (χ0) is 29.9. The van der Waals surface area contributed by atoms with Crippen molar-refractivity contribution in [2.45, 2.75) is 25.3 Å². The van der Waals surface area contributed by atoms with Crippen LogP contribution in [0.25, 0.3) is 0 Å². The number of rotatable bonds is 10. The van der Waals surface area contributed by atoms with Crippen molar-refractivity contribution in [3.8, 4) is 23.0 Å². The Bertz CT molecular complexity index is 1530. The first kappa shape index (κ1) is 30.7. The van der Waals surface area contributed by atoms with E-state index in [2.05, 4.69) is 4.89 Å². The number of carboxylic acids is 1. The Hall–Kier alpha value is -4.84. The summed E-state index contributed by atoms with van der Waals surface area (Å²) in [4.78, 5) is 36.6. The van der Waals surface area contributed by atoms with Crippen LogP contribution in [-0.2, 0) is 27.4 Å². The molecule has 0 spiro atoms. The highest BCUT2D eigenvalue weighted by molar-refractivity contribution is 7.80. The van der Waals surface area contributed by atoms with Crippen LogP contribution in [0, 0.1) is 13.8 Å². The molecule has 1 unspecified atom stereocenters. The van der Waals surface area contributed by atoms with Gasteiger partial charge in [-0.3, -0.25) is 5.26 Å². The van der Waals surface area contributed by atoms with E-state index in [1.165, 1.54) is 36.4 Å². The molecule has 0 aliphatic heterocycles.